The van der Waals surface area contributed by atoms with Crippen molar-refractivity contribution in [1.29, 1.82) is 0 Å². The highest BCUT2D eigenvalue weighted by Gasteiger charge is 2.23. The third-order valence-corrected chi connectivity index (χ3v) is 2.93. The van der Waals surface area contributed by atoms with E-state index in [4.69, 9.17) is 14.2 Å². The predicted octanol–water partition coefficient (Wildman–Crippen LogP) is 2.09. The quantitative estimate of drug-likeness (QED) is 0.658. The number of esters is 1. The molecule has 0 saturated carbocycles. The number of benzene rings is 1. The number of hydrogen-bond acceptors (Lipinski definition) is 5. The average molecular weight is 254 g/mol. The lowest BCUT2D eigenvalue weighted by molar-refractivity contribution is -0.0128. The lowest BCUT2D eigenvalue weighted by Gasteiger charge is -2.17. The van der Waals surface area contributed by atoms with Gasteiger partial charge in [-0.1, -0.05) is 0 Å². The normalized spacial score (nSPS) is 10.3. The smallest absolute Gasteiger partial charge is 0.344 e. The standard InChI is InChI=1S/C13H18O5/c1-7-8(2)11(14)9(3)12(17-5)10(7)13(15)18-6-16-4/h14H,6H2,1-5H3. The van der Waals surface area contributed by atoms with Gasteiger partial charge >= 0.3 is 5.97 Å². The number of methoxy groups -OCH3 is 2. The van der Waals surface area contributed by atoms with Crippen LogP contribution in [-0.2, 0) is 9.47 Å². The van der Waals surface area contributed by atoms with Gasteiger partial charge in [0.2, 0.25) is 0 Å². The van der Waals surface area contributed by atoms with E-state index in [2.05, 4.69) is 0 Å². The van der Waals surface area contributed by atoms with Crippen LogP contribution in [0.25, 0.3) is 0 Å². The minimum Gasteiger partial charge on any atom is -0.507 e. The van der Waals surface area contributed by atoms with Gasteiger partial charge in [-0.3, -0.25) is 0 Å². The van der Waals surface area contributed by atoms with Crippen molar-refractivity contribution in [3.63, 3.8) is 0 Å². The summed E-state index contributed by atoms with van der Waals surface area (Å²) in [5, 5.41) is 9.92. The molecule has 0 radical (unpaired) electrons. The average Bonchev–Trinajstić information content (AvgIpc) is 2.37. The van der Waals surface area contributed by atoms with E-state index in [-0.39, 0.29) is 12.5 Å². The summed E-state index contributed by atoms with van der Waals surface area (Å²) < 4.78 is 14.8. The largest absolute Gasteiger partial charge is 0.507 e. The highest BCUT2D eigenvalue weighted by atomic mass is 16.7. The molecule has 1 aromatic carbocycles. The summed E-state index contributed by atoms with van der Waals surface area (Å²) in [6, 6.07) is 0. The molecule has 0 amide bonds. The van der Waals surface area contributed by atoms with Crippen LogP contribution in [0.3, 0.4) is 0 Å². The number of phenolic OH excluding ortho intramolecular Hbond substituents is 1. The second-order valence-corrected chi connectivity index (χ2v) is 3.97. The summed E-state index contributed by atoms with van der Waals surface area (Å²) in [5.41, 5.74) is 2.11. The van der Waals surface area contributed by atoms with Crippen LogP contribution >= 0.6 is 0 Å². The van der Waals surface area contributed by atoms with Crippen molar-refractivity contribution in [2.75, 3.05) is 21.0 Å². The zero-order chi connectivity index (χ0) is 13.9. The van der Waals surface area contributed by atoms with Crippen LogP contribution in [0.15, 0.2) is 0 Å². The highest BCUT2D eigenvalue weighted by Crippen LogP contribution is 2.37. The van der Waals surface area contributed by atoms with Crippen LogP contribution in [0.5, 0.6) is 11.5 Å². The van der Waals surface area contributed by atoms with E-state index >= 15 is 0 Å². The van der Waals surface area contributed by atoms with Crippen molar-refractivity contribution in [3.05, 3.63) is 22.3 Å². The SMILES string of the molecule is COCOC(=O)c1c(C)c(C)c(O)c(C)c1OC. The first kappa shape index (κ1) is 14.3. The topological polar surface area (TPSA) is 65.0 Å². The zero-order valence-electron chi connectivity index (χ0n) is 11.3. The molecule has 100 valence electrons. The molecule has 0 unspecified atom stereocenters. The van der Waals surface area contributed by atoms with Crippen molar-refractivity contribution >= 4 is 5.97 Å². The Labute approximate surface area is 106 Å². The summed E-state index contributed by atoms with van der Waals surface area (Å²) in [6.07, 6.45) is 0. The van der Waals surface area contributed by atoms with Crippen LogP contribution in [0.1, 0.15) is 27.0 Å². The third kappa shape index (κ3) is 2.41. The van der Waals surface area contributed by atoms with Gasteiger partial charge < -0.3 is 19.3 Å². The van der Waals surface area contributed by atoms with Gasteiger partial charge in [0.1, 0.15) is 17.1 Å². The molecule has 0 aliphatic rings. The fourth-order valence-corrected chi connectivity index (χ4v) is 1.80. The fraction of sp³-hybridized carbons (Fsp3) is 0.462. The second kappa shape index (κ2) is 5.73. The van der Waals surface area contributed by atoms with Gasteiger partial charge in [0, 0.05) is 12.7 Å². The number of aromatic hydroxyl groups is 1. The number of carbonyl (C=O) groups excluding carboxylic acids is 1. The number of rotatable bonds is 4. The molecule has 0 saturated heterocycles. The Balaban J connectivity index is 3.37. The molecule has 0 aliphatic heterocycles. The molecule has 1 N–H and O–H groups in total. The number of ether oxygens (including phenoxy) is 3. The number of hydrogen-bond donors (Lipinski definition) is 1. The second-order valence-electron chi connectivity index (χ2n) is 3.97. The predicted molar refractivity (Wildman–Crippen MR) is 66.2 cm³/mol. The Morgan fingerprint density at radius 3 is 2.22 bits per heavy atom. The maximum Gasteiger partial charge on any atom is 0.344 e. The minimum absolute atomic E-state index is 0.125. The molecule has 0 spiro atoms. The molecular formula is C13H18O5. The third-order valence-electron chi connectivity index (χ3n) is 2.93. The Morgan fingerprint density at radius 1 is 1.11 bits per heavy atom. The van der Waals surface area contributed by atoms with Gasteiger partial charge in [0.05, 0.1) is 7.11 Å². The molecular weight excluding hydrogens is 236 g/mol. The van der Waals surface area contributed by atoms with Crippen LogP contribution < -0.4 is 4.74 Å². The molecule has 0 aliphatic carbocycles. The first-order valence-electron chi connectivity index (χ1n) is 5.48. The number of phenols is 1. The van der Waals surface area contributed by atoms with Gasteiger partial charge in [0.25, 0.3) is 0 Å². The molecule has 0 atom stereocenters. The van der Waals surface area contributed by atoms with Crippen LogP contribution in [0.2, 0.25) is 0 Å². The Kier molecular flexibility index (Phi) is 4.55. The van der Waals surface area contributed by atoms with Crippen molar-refractivity contribution in [1.82, 2.24) is 0 Å². The van der Waals surface area contributed by atoms with Crippen molar-refractivity contribution < 1.29 is 24.1 Å². The van der Waals surface area contributed by atoms with Gasteiger partial charge in [-0.05, 0) is 31.9 Å². The molecule has 0 bridgehead atoms. The van der Waals surface area contributed by atoms with E-state index in [0.29, 0.717) is 28.0 Å². The highest BCUT2D eigenvalue weighted by molar-refractivity contribution is 5.95. The monoisotopic (exact) mass is 254 g/mol. The Morgan fingerprint density at radius 2 is 1.72 bits per heavy atom. The molecule has 5 heteroatoms. The Hall–Kier alpha value is -1.75. The van der Waals surface area contributed by atoms with Crippen molar-refractivity contribution in [2.45, 2.75) is 20.8 Å². The zero-order valence-corrected chi connectivity index (χ0v) is 11.3. The summed E-state index contributed by atoms with van der Waals surface area (Å²) in [7, 11) is 2.88. The van der Waals surface area contributed by atoms with E-state index in [1.165, 1.54) is 14.2 Å². The van der Waals surface area contributed by atoms with E-state index in [1.54, 1.807) is 20.8 Å². The molecule has 1 rings (SSSR count). The first-order chi connectivity index (χ1) is 8.45. The van der Waals surface area contributed by atoms with Gasteiger partial charge in [-0.2, -0.15) is 0 Å². The van der Waals surface area contributed by atoms with Crippen LogP contribution in [-0.4, -0.2) is 32.1 Å². The van der Waals surface area contributed by atoms with E-state index < -0.39 is 5.97 Å². The lowest BCUT2D eigenvalue weighted by atomic mass is 9.97. The molecule has 1 aromatic rings. The number of carbonyl (C=O) groups is 1. The van der Waals surface area contributed by atoms with Crippen molar-refractivity contribution in [3.8, 4) is 11.5 Å². The Bertz CT molecular complexity index is 465. The van der Waals surface area contributed by atoms with E-state index in [1.807, 2.05) is 0 Å². The summed E-state index contributed by atoms with van der Waals surface area (Å²) >= 11 is 0. The van der Waals surface area contributed by atoms with Crippen LogP contribution in [0, 0.1) is 20.8 Å². The molecule has 0 fully saturated rings. The summed E-state index contributed by atoms with van der Waals surface area (Å²) in [5.74, 6) is -0.0678. The van der Waals surface area contributed by atoms with Crippen LogP contribution in [0.4, 0.5) is 0 Å². The first-order valence-corrected chi connectivity index (χ1v) is 5.48. The van der Waals surface area contributed by atoms with E-state index in [0.717, 1.165) is 0 Å². The van der Waals surface area contributed by atoms with Gasteiger partial charge in [-0.15, -0.1) is 0 Å². The summed E-state index contributed by atoms with van der Waals surface area (Å²) in [6.45, 7) is 5.04. The lowest BCUT2D eigenvalue weighted by Crippen LogP contribution is -2.12. The molecule has 5 nitrogen and oxygen atoms in total. The maximum absolute atomic E-state index is 12.0. The molecule has 18 heavy (non-hydrogen) atoms. The molecule has 0 heterocycles. The maximum atomic E-state index is 12.0. The van der Waals surface area contributed by atoms with Crippen molar-refractivity contribution in [2.24, 2.45) is 0 Å². The van der Waals surface area contributed by atoms with Gasteiger partial charge in [-0.25, -0.2) is 4.79 Å². The molecule has 0 aromatic heterocycles. The summed E-state index contributed by atoms with van der Waals surface area (Å²) in [4.78, 5) is 12.0. The van der Waals surface area contributed by atoms with E-state index in [9.17, 15) is 9.90 Å². The fourth-order valence-electron chi connectivity index (χ4n) is 1.80. The van der Waals surface area contributed by atoms with Gasteiger partial charge in [0.15, 0.2) is 6.79 Å². The minimum atomic E-state index is -0.530.